The molecular weight excluding hydrogens is 326 g/mol. The van der Waals surface area contributed by atoms with Gasteiger partial charge in [-0.05, 0) is 43.3 Å². The minimum Gasteiger partial charge on any atom is -0.419 e. The van der Waals surface area contributed by atoms with Crippen LogP contribution >= 0.6 is 11.6 Å². The van der Waals surface area contributed by atoms with Gasteiger partial charge in [-0.15, -0.1) is 10.2 Å². The highest BCUT2D eigenvalue weighted by atomic mass is 35.5. The van der Waals surface area contributed by atoms with Crippen LogP contribution in [-0.4, -0.2) is 28.0 Å². The molecule has 0 bridgehead atoms. The van der Waals surface area contributed by atoms with E-state index in [4.69, 9.17) is 16.0 Å². The lowest BCUT2D eigenvalue weighted by Crippen LogP contribution is -2.30. The van der Waals surface area contributed by atoms with Crippen LogP contribution in [0.3, 0.4) is 0 Å². The number of halogens is 1. The second-order valence-corrected chi connectivity index (χ2v) is 6.01. The predicted octanol–water partition coefficient (Wildman–Crippen LogP) is 3.78. The summed E-state index contributed by atoms with van der Waals surface area (Å²) in [5, 5.41) is 18.6. The standard InChI is InChI=1S/C18H18ClN3O2/c1-13(23)11-22(16-5-3-2-4-6-16)12-17-20-21-18(24-17)14-7-9-15(19)10-8-14/h2-10,13,23H,11-12H2,1H3/t13-/m1/s1. The van der Waals surface area contributed by atoms with Gasteiger partial charge in [0.05, 0.1) is 12.6 Å². The van der Waals surface area contributed by atoms with Crippen molar-refractivity contribution < 1.29 is 9.52 Å². The van der Waals surface area contributed by atoms with Crippen molar-refractivity contribution in [1.82, 2.24) is 10.2 Å². The maximum atomic E-state index is 9.75. The van der Waals surface area contributed by atoms with Gasteiger partial charge in [0.25, 0.3) is 0 Å². The van der Waals surface area contributed by atoms with Crippen molar-refractivity contribution in [3.05, 3.63) is 65.5 Å². The van der Waals surface area contributed by atoms with Crippen LogP contribution in [0.1, 0.15) is 12.8 Å². The lowest BCUT2D eigenvalue weighted by molar-refractivity contribution is 0.199. The van der Waals surface area contributed by atoms with Crippen LogP contribution < -0.4 is 4.90 Å². The molecule has 124 valence electrons. The molecule has 0 radical (unpaired) electrons. The van der Waals surface area contributed by atoms with Crippen LogP contribution in [0.25, 0.3) is 11.5 Å². The highest BCUT2D eigenvalue weighted by Crippen LogP contribution is 2.22. The lowest BCUT2D eigenvalue weighted by atomic mass is 10.2. The van der Waals surface area contributed by atoms with Gasteiger partial charge < -0.3 is 14.4 Å². The normalized spacial score (nSPS) is 12.1. The summed E-state index contributed by atoms with van der Waals surface area (Å²) in [6.45, 7) is 2.65. The maximum Gasteiger partial charge on any atom is 0.247 e. The molecule has 0 saturated carbocycles. The van der Waals surface area contributed by atoms with E-state index >= 15 is 0 Å². The number of hydrogen-bond donors (Lipinski definition) is 1. The molecule has 2 aromatic carbocycles. The van der Waals surface area contributed by atoms with Crippen LogP contribution in [-0.2, 0) is 6.54 Å². The van der Waals surface area contributed by atoms with Gasteiger partial charge in [0, 0.05) is 22.8 Å². The van der Waals surface area contributed by atoms with E-state index in [1.165, 1.54) is 0 Å². The second-order valence-electron chi connectivity index (χ2n) is 5.57. The zero-order valence-corrected chi connectivity index (χ0v) is 14.0. The molecule has 5 nitrogen and oxygen atoms in total. The molecule has 0 saturated heterocycles. The van der Waals surface area contributed by atoms with Gasteiger partial charge in [0.15, 0.2) is 0 Å². The van der Waals surface area contributed by atoms with Crippen molar-refractivity contribution in [2.45, 2.75) is 19.6 Å². The number of aliphatic hydroxyl groups is 1. The van der Waals surface area contributed by atoms with Gasteiger partial charge in [-0.1, -0.05) is 29.8 Å². The number of aliphatic hydroxyl groups excluding tert-OH is 1. The Morgan fingerprint density at radius 1 is 1.08 bits per heavy atom. The van der Waals surface area contributed by atoms with Crippen LogP contribution in [0.2, 0.25) is 5.02 Å². The first-order valence-corrected chi connectivity index (χ1v) is 8.06. The highest BCUT2D eigenvalue weighted by Gasteiger charge is 2.15. The first kappa shape index (κ1) is 16.5. The van der Waals surface area contributed by atoms with Gasteiger partial charge in [0.2, 0.25) is 11.8 Å². The fraction of sp³-hybridized carbons (Fsp3) is 0.222. The second kappa shape index (κ2) is 7.47. The van der Waals surface area contributed by atoms with Crippen LogP contribution in [0.15, 0.2) is 59.0 Å². The lowest BCUT2D eigenvalue weighted by Gasteiger charge is -2.24. The number of hydrogen-bond acceptors (Lipinski definition) is 5. The van der Waals surface area contributed by atoms with Crippen molar-refractivity contribution in [3.8, 4) is 11.5 Å². The molecule has 6 heteroatoms. The summed E-state index contributed by atoms with van der Waals surface area (Å²) in [4.78, 5) is 2.00. The molecule has 0 fully saturated rings. The van der Waals surface area contributed by atoms with Crippen molar-refractivity contribution in [3.63, 3.8) is 0 Å². The van der Waals surface area contributed by atoms with E-state index in [1.54, 1.807) is 19.1 Å². The molecule has 0 unspecified atom stereocenters. The van der Waals surface area contributed by atoms with E-state index in [9.17, 15) is 5.11 Å². The predicted molar refractivity (Wildman–Crippen MR) is 93.9 cm³/mol. The molecule has 3 aromatic rings. The Labute approximate surface area is 145 Å². The Bertz CT molecular complexity index is 772. The number of rotatable bonds is 6. The number of nitrogens with zero attached hydrogens (tertiary/aromatic N) is 3. The van der Waals surface area contributed by atoms with E-state index in [0.29, 0.717) is 29.9 Å². The van der Waals surface area contributed by atoms with Gasteiger partial charge in [-0.25, -0.2) is 0 Å². The monoisotopic (exact) mass is 343 g/mol. The van der Waals surface area contributed by atoms with E-state index < -0.39 is 6.10 Å². The molecule has 1 heterocycles. The number of benzene rings is 2. The average molecular weight is 344 g/mol. The summed E-state index contributed by atoms with van der Waals surface area (Å²) in [5.41, 5.74) is 1.81. The smallest absolute Gasteiger partial charge is 0.247 e. The minimum absolute atomic E-state index is 0.426. The fourth-order valence-electron chi connectivity index (χ4n) is 2.41. The summed E-state index contributed by atoms with van der Waals surface area (Å²) in [5.74, 6) is 0.941. The summed E-state index contributed by atoms with van der Waals surface area (Å²) >= 11 is 5.89. The Morgan fingerprint density at radius 3 is 2.46 bits per heavy atom. The molecule has 0 aliphatic carbocycles. The Morgan fingerprint density at radius 2 is 1.79 bits per heavy atom. The molecule has 1 N–H and O–H groups in total. The van der Waals surface area contributed by atoms with Crippen molar-refractivity contribution in [2.75, 3.05) is 11.4 Å². The third kappa shape index (κ3) is 4.13. The molecule has 1 aromatic heterocycles. The first-order chi connectivity index (χ1) is 11.6. The van der Waals surface area contributed by atoms with Gasteiger partial charge in [0.1, 0.15) is 0 Å². The molecule has 0 amide bonds. The van der Waals surface area contributed by atoms with Gasteiger partial charge >= 0.3 is 0 Å². The molecule has 24 heavy (non-hydrogen) atoms. The Balaban J connectivity index is 1.79. The summed E-state index contributed by atoms with van der Waals surface area (Å²) in [7, 11) is 0. The molecule has 0 spiro atoms. The molecular formula is C18H18ClN3O2. The molecule has 3 rings (SSSR count). The van der Waals surface area contributed by atoms with Gasteiger partial charge in [-0.2, -0.15) is 0 Å². The third-order valence-corrected chi connectivity index (χ3v) is 3.74. The van der Waals surface area contributed by atoms with Gasteiger partial charge in [-0.3, -0.25) is 0 Å². The van der Waals surface area contributed by atoms with E-state index in [0.717, 1.165) is 11.3 Å². The molecule has 1 atom stereocenters. The van der Waals surface area contributed by atoms with Crippen LogP contribution in [0.4, 0.5) is 5.69 Å². The number of para-hydroxylation sites is 1. The minimum atomic E-state index is -0.469. The highest BCUT2D eigenvalue weighted by molar-refractivity contribution is 6.30. The maximum absolute atomic E-state index is 9.75. The van der Waals surface area contributed by atoms with Crippen molar-refractivity contribution >= 4 is 17.3 Å². The average Bonchev–Trinajstić information content (AvgIpc) is 3.04. The first-order valence-electron chi connectivity index (χ1n) is 7.68. The van der Waals surface area contributed by atoms with E-state index in [2.05, 4.69) is 10.2 Å². The van der Waals surface area contributed by atoms with Crippen molar-refractivity contribution in [2.24, 2.45) is 0 Å². The zero-order chi connectivity index (χ0) is 16.9. The summed E-state index contributed by atoms with van der Waals surface area (Å²) < 4.78 is 5.75. The molecule has 0 aliphatic rings. The number of anilines is 1. The largest absolute Gasteiger partial charge is 0.419 e. The Kier molecular flexibility index (Phi) is 5.13. The third-order valence-electron chi connectivity index (χ3n) is 3.49. The Hall–Kier alpha value is -2.37. The number of aromatic nitrogens is 2. The fourth-order valence-corrected chi connectivity index (χ4v) is 2.53. The quantitative estimate of drug-likeness (QED) is 0.738. The van der Waals surface area contributed by atoms with Crippen LogP contribution in [0.5, 0.6) is 0 Å². The van der Waals surface area contributed by atoms with E-state index in [-0.39, 0.29) is 0 Å². The summed E-state index contributed by atoms with van der Waals surface area (Å²) in [6.07, 6.45) is -0.469. The zero-order valence-electron chi connectivity index (χ0n) is 13.3. The van der Waals surface area contributed by atoms with Crippen molar-refractivity contribution in [1.29, 1.82) is 0 Å². The SMILES string of the molecule is C[C@@H](O)CN(Cc1nnc(-c2ccc(Cl)cc2)o1)c1ccccc1. The topological polar surface area (TPSA) is 62.4 Å². The summed E-state index contributed by atoms with van der Waals surface area (Å²) in [6, 6.07) is 17.1. The van der Waals surface area contributed by atoms with Crippen LogP contribution in [0, 0.1) is 0 Å². The molecule has 0 aliphatic heterocycles. The van der Waals surface area contributed by atoms with E-state index in [1.807, 2.05) is 47.4 Å².